The lowest BCUT2D eigenvalue weighted by Gasteiger charge is -2.34. The van der Waals surface area contributed by atoms with Crippen molar-refractivity contribution >= 4 is 0 Å². The predicted molar refractivity (Wildman–Crippen MR) is 73.3 cm³/mol. The van der Waals surface area contributed by atoms with Crippen LogP contribution in [0.15, 0.2) is 0 Å². The Kier molecular flexibility index (Phi) is 6.46. The van der Waals surface area contributed by atoms with Gasteiger partial charge in [0.25, 0.3) is 0 Å². The van der Waals surface area contributed by atoms with Crippen molar-refractivity contribution in [3.63, 3.8) is 0 Å². The summed E-state index contributed by atoms with van der Waals surface area (Å²) < 4.78 is 0. The highest BCUT2D eigenvalue weighted by molar-refractivity contribution is 5.00. The predicted octanol–water partition coefficient (Wildman–Crippen LogP) is 5.62. The van der Waals surface area contributed by atoms with Gasteiger partial charge in [-0.05, 0) is 49.4 Å². The minimum atomic E-state index is 0.910. The van der Waals surface area contributed by atoms with Crippen molar-refractivity contribution in [3.8, 4) is 0 Å². The molecule has 1 fully saturated rings. The molecule has 0 amide bonds. The van der Waals surface area contributed by atoms with E-state index >= 15 is 0 Å². The second-order valence-electron chi connectivity index (χ2n) is 6.07. The Hall–Kier alpha value is 0. The highest BCUT2D eigenvalue weighted by atomic mass is 14.3. The zero-order valence-electron chi connectivity index (χ0n) is 11.9. The lowest BCUT2D eigenvalue weighted by molar-refractivity contribution is 0.291. The quantitative estimate of drug-likeness (QED) is 0.548. The fourth-order valence-corrected chi connectivity index (χ4v) is 2.95. The van der Waals surface area contributed by atoms with E-state index in [9.17, 15) is 0 Å². The van der Waals surface area contributed by atoms with Gasteiger partial charge in [-0.2, -0.15) is 0 Å². The van der Waals surface area contributed by atoms with Gasteiger partial charge in [-0.25, -0.2) is 0 Å². The molecule has 1 aliphatic rings. The highest BCUT2D eigenvalue weighted by Crippen LogP contribution is 2.40. The first-order valence-electron chi connectivity index (χ1n) is 7.51. The first-order chi connectivity index (χ1) is 7.67. The van der Waals surface area contributed by atoms with E-state index in [1.807, 2.05) is 5.92 Å². The normalized spacial score (nSPS) is 26.6. The van der Waals surface area contributed by atoms with Crippen LogP contribution in [0, 0.1) is 23.7 Å². The molecular formula is C16H31. The van der Waals surface area contributed by atoms with Crippen LogP contribution in [0.25, 0.3) is 0 Å². The molecule has 0 aromatic heterocycles. The van der Waals surface area contributed by atoms with Crippen LogP contribution in [0.1, 0.15) is 79.1 Å². The summed E-state index contributed by atoms with van der Waals surface area (Å²) in [5.74, 6) is 4.72. The molecule has 0 aliphatic heterocycles. The Labute approximate surface area is 103 Å². The minimum Gasteiger partial charge on any atom is -0.0651 e. The van der Waals surface area contributed by atoms with Crippen LogP contribution in [0.5, 0.6) is 0 Å². The van der Waals surface area contributed by atoms with E-state index in [0.29, 0.717) is 0 Å². The molecule has 3 atom stereocenters. The van der Waals surface area contributed by atoms with Crippen LogP contribution in [0.3, 0.4) is 0 Å². The van der Waals surface area contributed by atoms with Crippen LogP contribution in [0.2, 0.25) is 0 Å². The van der Waals surface area contributed by atoms with Crippen molar-refractivity contribution < 1.29 is 0 Å². The van der Waals surface area contributed by atoms with Crippen molar-refractivity contribution in [1.29, 1.82) is 0 Å². The van der Waals surface area contributed by atoms with Crippen molar-refractivity contribution in [2.24, 2.45) is 17.8 Å². The molecule has 1 radical (unpaired) electrons. The van der Waals surface area contributed by atoms with Gasteiger partial charge in [-0.3, -0.25) is 0 Å². The van der Waals surface area contributed by atoms with Gasteiger partial charge in [0.1, 0.15) is 0 Å². The maximum atomic E-state index is 2.43. The van der Waals surface area contributed by atoms with Gasteiger partial charge in [0.15, 0.2) is 0 Å². The zero-order chi connectivity index (χ0) is 12.0. The van der Waals surface area contributed by atoms with Crippen molar-refractivity contribution in [3.05, 3.63) is 5.92 Å². The molecule has 3 unspecified atom stereocenters. The summed E-state index contributed by atoms with van der Waals surface area (Å²) >= 11 is 0. The molecular weight excluding hydrogens is 192 g/mol. The van der Waals surface area contributed by atoms with Crippen molar-refractivity contribution in [2.75, 3.05) is 0 Å². The van der Waals surface area contributed by atoms with E-state index in [1.165, 1.54) is 51.4 Å². The van der Waals surface area contributed by atoms with E-state index in [-0.39, 0.29) is 0 Å². The standard InChI is InChI=1S/C16H31/c1-5-13(3)11-15-9-7-8-10-16(15)12-14(4)6-2/h13-15H,5-12H2,1-4H3. The summed E-state index contributed by atoms with van der Waals surface area (Å²) in [5.41, 5.74) is 0. The molecule has 0 nitrogen and oxygen atoms in total. The fraction of sp³-hybridized carbons (Fsp3) is 0.938. The first kappa shape index (κ1) is 14.1. The Bertz CT molecular complexity index is 153. The van der Waals surface area contributed by atoms with Crippen LogP contribution in [0.4, 0.5) is 0 Å². The summed E-state index contributed by atoms with van der Waals surface area (Å²) in [6.45, 7) is 9.51. The number of rotatable bonds is 6. The van der Waals surface area contributed by atoms with E-state index in [0.717, 1.165) is 17.8 Å². The molecule has 0 aromatic carbocycles. The Morgan fingerprint density at radius 2 is 1.75 bits per heavy atom. The van der Waals surface area contributed by atoms with Gasteiger partial charge in [0.05, 0.1) is 0 Å². The molecule has 0 bridgehead atoms. The molecule has 16 heavy (non-hydrogen) atoms. The van der Waals surface area contributed by atoms with Gasteiger partial charge in [-0.15, -0.1) is 0 Å². The van der Waals surface area contributed by atoms with E-state index in [4.69, 9.17) is 0 Å². The summed E-state index contributed by atoms with van der Waals surface area (Å²) in [7, 11) is 0. The van der Waals surface area contributed by atoms with Gasteiger partial charge in [-0.1, -0.05) is 53.4 Å². The topological polar surface area (TPSA) is 0 Å². The molecule has 1 rings (SSSR count). The number of hydrogen-bond acceptors (Lipinski definition) is 0. The molecule has 1 aliphatic carbocycles. The van der Waals surface area contributed by atoms with Gasteiger partial charge in [0, 0.05) is 0 Å². The Morgan fingerprint density at radius 3 is 2.38 bits per heavy atom. The fourth-order valence-electron chi connectivity index (χ4n) is 2.95. The molecule has 95 valence electrons. The SMILES string of the molecule is CCC(C)C[C]1CCCCC1CC(C)CC. The maximum absolute atomic E-state index is 2.43. The third-order valence-electron chi connectivity index (χ3n) is 4.57. The molecule has 0 spiro atoms. The average molecular weight is 223 g/mol. The van der Waals surface area contributed by atoms with E-state index < -0.39 is 0 Å². The van der Waals surface area contributed by atoms with E-state index in [1.54, 1.807) is 0 Å². The lowest BCUT2D eigenvalue weighted by Crippen LogP contribution is -2.21. The van der Waals surface area contributed by atoms with Crippen LogP contribution in [-0.2, 0) is 0 Å². The second kappa shape index (κ2) is 7.35. The maximum Gasteiger partial charge on any atom is -0.0207 e. The van der Waals surface area contributed by atoms with Crippen LogP contribution < -0.4 is 0 Å². The van der Waals surface area contributed by atoms with Gasteiger partial charge in [0.2, 0.25) is 0 Å². The first-order valence-corrected chi connectivity index (χ1v) is 7.51. The molecule has 1 saturated carbocycles. The summed E-state index contributed by atoms with van der Waals surface area (Å²) in [4.78, 5) is 0. The third kappa shape index (κ3) is 4.47. The van der Waals surface area contributed by atoms with Gasteiger partial charge >= 0.3 is 0 Å². The zero-order valence-corrected chi connectivity index (χ0v) is 11.9. The van der Waals surface area contributed by atoms with Crippen LogP contribution >= 0.6 is 0 Å². The Morgan fingerprint density at radius 1 is 1.06 bits per heavy atom. The number of hydrogen-bond donors (Lipinski definition) is 0. The molecule has 0 aromatic rings. The minimum absolute atomic E-state index is 0.910. The largest absolute Gasteiger partial charge is 0.0651 e. The average Bonchev–Trinajstić information content (AvgIpc) is 2.31. The Balaban J connectivity index is 2.43. The molecule has 0 heteroatoms. The second-order valence-corrected chi connectivity index (χ2v) is 6.07. The third-order valence-corrected chi connectivity index (χ3v) is 4.57. The monoisotopic (exact) mass is 223 g/mol. The molecule has 0 N–H and O–H groups in total. The summed E-state index contributed by atoms with van der Waals surface area (Å²) in [5, 5.41) is 0. The summed E-state index contributed by atoms with van der Waals surface area (Å²) in [6.07, 6.45) is 11.4. The van der Waals surface area contributed by atoms with Crippen molar-refractivity contribution in [2.45, 2.75) is 79.1 Å². The van der Waals surface area contributed by atoms with Crippen LogP contribution in [-0.4, -0.2) is 0 Å². The summed E-state index contributed by atoms with van der Waals surface area (Å²) in [6, 6.07) is 0. The lowest BCUT2D eigenvalue weighted by atomic mass is 9.71. The molecule has 0 heterocycles. The smallest absolute Gasteiger partial charge is 0.0207 e. The van der Waals surface area contributed by atoms with E-state index in [2.05, 4.69) is 27.7 Å². The van der Waals surface area contributed by atoms with Crippen molar-refractivity contribution in [1.82, 2.24) is 0 Å². The van der Waals surface area contributed by atoms with Gasteiger partial charge < -0.3 is 0 Å². The highest BCUT2D eigenvalue weighted by Gasteiger charge is 2.27. The molecule has 0 saturated heterocycles.